The lowest BCUT2D eigenvalue weighted by molar-refractivity contribution is 0.172. The Kier molecular flexibility index (Phi) is 3.52. The molecule has 0 unspecified atom stereocenters. The van der Waals surface area contributed by atoms with E-state index in [4.69, 9.17) is 15.2 Å². The van der Waals surface area contributed by atoms with E-state index in [1.54, 1.807) is 17.4 Å². The van der Waals surface area contributed by atoms with Gasteiger partial charge in [-0.2, -0.15) is 0 Å². The highest BCUT2D eigenvalue weighted by atomic mass is 79.9. The Morgan fingerprint density at radius 2 is 1.95 bits per heavy atom. The van der Waals surface area contributed by atoms with Crippen LogP contribution in [0, 0.1) is 0 Å². The van der Waals surface area contributed by atoms with Crippen LogP contribution < -0.4 is 20.5 Å². The summed E-state index contributed by atoms with van der Waals surface area (Å²) in [5, 5.41) is 5.38. The van der Waals surface area contributed by atoms with E-state index in [0.717, 1.165) is 22.5 Å². The van der Waals surface area contributed by atoms with Crippen LogP contribution in [0.3, 0.4) is 0 Å². The fourth-order valence-electron chi connectivity index (χ4n) is 1.89. The zero-order valence-corrected chi connectivity index (χ0v) is 12.5. The third-order valence-electron chi connectivity index (χ3n) is 2.79. The summed E-state index contributed by atoms with van der Waals surface area (Å²) < 4.78 is 12.1. The molecule has 0 amide bonds. The molecular formula is C13H13BrN2O2S. The van der Waals surface area contributed by atoms with Crippen LogP contribution in [0.2, 0.25) is 0 Å². The van der Waals surface area contributed by atoms with Gasteiger partial charge in [-0.25, -0.2) is 0 Å². The van der Waals surface area contributed by atoms with Gasteiger partial charge in [0.15, 0.2) is 11.5 Å². The quantitative estimate of drug-likeness (QED) is 0.840. The Labute approximate surface area is 123 Å². The third kappa shape index (κ3) is 2.79. The number of nitrogen functional groups attached to an aromatic ring is 1. The largest absolute Gasteiger partial charge is 0.486 e. The van der Waals surface area contributed by atoms with Crippen LogP contribution in [0.1, 0.15) is 4.88 Å². The molecule has 0 aliphatic carbocycles. The first-order valence-corrected chi connectivity index (χ1v) is 7.55. The van der Waals surface area contributed by atoms with Gasteiger partial charge in [-0.3, -0.25) is 0 Å². The Bertz CT molecular complexity index is 600. The third-order valence-corrected chi connectivity index (χ3v) is 4.49. The number of benzene rings is 1. The van der Waals surface area contributed by atoms with Crippen molar-refractivity contribution in [2.45, 2.75) is 6.54 Å². The van der Waals surface area contributed by atoms with Gasteiger partial charge in [-0.15, -0.1) is 11.3 Å². The van der Waals surface area contributed by atoms with E-state index in [2.05, 4.69) is 32.7 Å². The second-order valence-corrected chi connectivity index (χ2v) is 6.08. The summed E-state index contributed by atoms with van der Waals surface area (Å²) in [5.41, 5.74) is 7.55. The lowest BCUT2D eigenvalue weighted by Gasteiger charge is -2.20. The van der Waals surface area contributed by atoms with Crippen LogP contribution in [-0.4, -0.2) is 13.2 Å². The monoisotopic (exact) mass is 340 g/mol. The van der Waals surface area contributed by atoms with Crippen molar-refractivity contribution in [3.05, 3.63) is 32.9 Å². The second-order valence-electron chi connectivity index (χ2n) is 4.17. The molecule has 2 aromatic rings. The summed E-state index contributed by atoms with van der Waals surface area (Å²) in [4.78, 5) is 1.24. The van der Waals surface area contributed by atoms with Crippen LogP contribution in [0.5, 0.6) is 11.5 Å². The van der Waals surface area contributed by atoms with Gasteiger partial charge in [-0.1, -0.05) is 0 Å². The fraction of sp³-hybridized carbons (Fsp3) is 0.231. The molecule has 100 valence electrons. The van der Waals surface area contributed by atoms with E-state index in [1.807, 2.05) is 6.07 Å². The number of rotatable bonds is 3. The SMILES string of the molecule is Nc1cc2c(cc1NCc1cc(Br)cs1)OCCO2. The van der Waals surface area contributed by atoms with Gasteiger partial charge >= 0.3 is 0 Å². The average molecular weight is 341 g/mol. The zero-order chi connectivity index (χ0) is 13.2. The number of anilines is 2. The average Bonchev–Trinajstić information content (AvgIpc) is 2.82. The molecule has 0 atom stereocenters. The molecule has 19 heavy (non-hydrogen) atoms. The molecule has 0 fully saturated rings. The van der Waals surface area contributed by atoms with E-state index in [1.165, 1.54) is 4.88 Å². The number of nitrogens with two attached hydrogens (primary N) is 1. The topological polar surface area (TPSA) is 56.5 Å². The van der Waals surface area contributed by atoms with Crippen LogP contribution in [0.15, 0.2) is 28.1 Å². The summed E-state index contributed by atoms with van der Waals surface area (Å²) >= 11 is 5.14. The number of halogens is 1. The van der Waals surface area contributed by atoms with Gasteiger partial charge in [0, 0.05) is 33.4 Å². The molecule has 0 spiro atoms. The molecule has 1 aromatic carbocycles. The lowest BCUT2D eigenvalue weighted by Crippen LogP contribution is -2.16. The molecule has 0 saturated heterocycles. The molecule has 0 saturated carbocycles. The summed E-state index contributed by atoms with van der Waals surface area (Å²) in [6.45, 7) is 1.89. The molecule has 1 aliphatic heterocycles. The maximum Gasteiger partial charge on any atom is 0.163 e. The number of hydrogen-bond donors (Lipinski definition) is 2. The highest BCUT2D eigenvalue weighted by Gasteiger charge is 2.14. The van der Waals surface area contributed by atoms with Crippen LogP contribution >= 0.6 is 27.3 Å². The van der Waals surface area contributed by atoms with Gasteiger partial charge in [0.2, 0.25) is 0 Å². The van der Waals surface area contributed by atoms with Crippen molar-refractivity contribution < 1.29 is 9.47 Å². The van der Waals surface area contributed by atoms with Gasteiger partial charge < -0.3 is 20.5 Å². The Hall–Kier alpha value is -1.40. The standard InChI is InChI=1S/C13H13BrN2O2S/c14-8-3-9(19-7-8)6-16-11-5-13-12(4-10(11)15)17-1-2-18-13/h3-5,7,16H,1-2,6,15H2. The molecule has 1 aromatic heterocycles. The lowest BCUT2D eigenvalue weighted by atomic mass is 10.2. The summed E-state index contributed by atoms with van der Waals surface area (Å²) in [5.74, 6) is 1.46. The summed E-state index contributed by atoms with van der Waals surface area (Å²) in [6.07, 6.45) is 0. The molecular weight excluding hydrogens is 328 g/mol. The number of ether oxygens (including phenoxy) is 2. The molecule has 3 rings (SSSR count). The molecule has 6 heteroatoms. The Morgan fingerprint density at radius 3 is 2.63 bits per heavy atom. The van der Waals surface area contributed by atoms with Gasteiger partial charge in [0.25, 0.3) is 0 Å². The van der Waals surface area contributed by atoms with Crippen molar-refractivity contribution in [2.24, 2.45) is 0 Å². The van der Waals surface area contributed by atoms with E-state index in [0.29, 0.717) is 24.7 Å². The smallest absolute Gasteiger partial charge is 0.163 e. The van der Waals surface area contributed by atoms with Crippen LogP contribution in [-0.2, 0) is 6.54 Å². The first-order chi connectivity index (χ1) is 9.22. The number of fused-ring (bicyclic) bond motifs is 1. The molecule has 2 heterocycles. The van der Waals surface area contributed by atoms with E-state index >= 15 is 0 Å². The van der Waals surface area contributed by atoms with E-state index in [-0.39, 0.29) is 0 Å². The highest BCUT2D eigenvalue weighted by Crippen LogP contribution is 2.37. The van der Waals surface area contributed by atoms with Crippen molar-refractivity contribution in [2.75, 3.05) is 24.3 Å². The van der Waals surface area contributed by atoms with Gasteiger partial charge in [0.05, 0.1) is 11.4 Å². The van der Waals surface area contributed by atoms with Crippen molar-refractivity contribution >= 4 is 38.6 Å². The number of nitrogens with one attached hydrogen (secondary N) is 1. The Balaban J connectivity index is 1.77. The molecule has 0 bridgehead atoms. The van der Waals surface area contributed by atoms with Gasteiger partial charge in [-0.05, 0) is 22.0 Å². The van der Waals surface area contributed by atoms with Gasteiger partial charge in [0.1, 0.15) is 13.2 Å². The molecule has 1 aliphatic rings. The number of thiophene rings is 1. The predicted molar refractivity (Wildman–Crippen MR) is 81.2 cm³/mol. The fourth-order valence-corrected chi connectivity index (χ4v) is 3.28. The van der Waals surface area contributed by atoms with Crippen LogP contribution in [0.25, 0.3) is 0 Å². The second kappa shape index (κ2) is 5.30. The minimum atomic E-state index is 0.572. The zero-order valence-electron chi connectivity index (χ0n) is 10.1. The molecule has 4 nitrogen and oxygen atoms in total. The van der Waals surface area contributed by atoms with Crippen molar-refractivity contribution in [3.63, 3.8) is 0 Å². The maximum atomic E-state index is 6.01. The van der Waals surface area contributed by atoms with Crippen molar-refractivity contribution in [3.8, 4) is 11.5 Å². The minimum absolute atomic E-state index is 0.572. The summed E-state index contributed by atoms with van der Waals surface area (Å²) in [7, 11) is 0. The number of hydrogen-bond acceptors (Lipinski definition) is 5. The normalized spacial score (nSPS) is 13.3. The maximum absolute atomic E-state index is 6.01. The van der Waals surface area contributed by atoms with E-state index in [9.17, 15) is 0 Å². The van der Waals surface area contributed by atoms with Crippen molar-refractivity contribution in [1.29, 1.82) is 0 Å². The van der Waals surface area contributed by atoms with Crippen LogP contribution in [0.4, 0.5) is 11.4 Å². The summed E-state index contributed by atoms with van der Waals surface area (Å²) in [6, 6.07) is 5.79. The predicted octanol–water partition coefficient (Wildman–Crippen LogP) is 3.48. The first kappa shape index (κ1) is 12.6. The first-order valence-electron chi connectivity index (χ1n) is 5.88. The Morgan fingerprint density at radius 1 is 1.21 bits per heavy atom. The minimum Gasteiger partial charge on any atom is -0.486 e. The molecule has 0 radical (unpaired) electrons. The van der Waals surface area contributed by atoms with Crippen molar-refractivity contribution in [1.82, 2.24) is 0 Å². The molecule has 3 N–H and O–H groups in total. The highest BCUT2D eigenvalue weighted by molar-refractivity contribution is 9.10. The van der Waals surface area contributed by atoms with E-state index < -0.39 is 0 Å².